The Balaban J connectivity index is 5.56. The Morgan fingerprint density at radius 3 is 1.30 bits per heavy atom. The molecule has 0 fully saturated rings. The number of nitrogens with one attached hydrogen (secondary N) is 2. The van der Waals surface area contributed by atoms with E-state index >= 15 is 0 Å². The fourth-order valence-electron chi connectivity index (χ4n) is 2.05. The number of hydrogen-bond donors (Lipinski definition) is 2. The molecule has 0 aromatic heterocycles. The Hall–Kier alpha value is 0.311. The molecule has 0 aliphatic heterocycles. The third-order valence-electron chi connectivity index (χ3n) is 6.09. The van der Waals surface area contributed by atoms with Crippen molar-refractivity contribution in [2.45, 2.75) is 104 Å². The maximum absolute atomic E-state index is 4.19. The van der Waals surface area contributed by atoms with Crippen molar-refractivity contribution >= 4 is 25.6 Å². The second-order valence-corrected chi connectivity index (χ2v) is 23.1. The number of hydrogen-bond acceptors (Lipinski definition) is 2. The minimum atomic E-state index is -1.49. The van der Waals surface area contributed by atoms with Crippen molar-refractivity contribution in [2.24, 2.45) is 0 Å². The van der Waals surface area contributed by atoms with Crippen LogP contribution in [0.1, 0.15) is 68.2 Å². The highest BCUT2D eigenvalue weighted by atomic mass is 28.4. The summed E-state index contributed by atoms with van der Waals surface area (Å²) < 4.78 is 8.37. The third kappa shape index (κ3) is 6.98. The highest BCUT2D eigenvalue weighted by Crippen LogP contribution is 2.36. The molecule has 0 aromatic rings. The molecule has 0 aromatic carbocycles. The molecule has 138 valence electrons. The van der Waals surface area contributed by atoms with Crippen molar-refractivity contribution in [3.05, 3.63) is 11.3 Å². The lowest BCUT2D eigenvalue weighted by Gasteiger charge is -2.44. The Labute approximate surface area is 150 Å². The average Bonchev–Trinajstić information content (AvgIpc) is 2.31. The molecule has 0 heterocycles. The van der Waals surface area contributed by atoms with Crippen LogP contribution in [-0.2, 0) is 0 Å². The number of rotatable bonds is 7. The lowest BCUT2D eigenvalue weighted by molar-refractivity contribution is 0.704. The van der Waals surface area contributed by atoms with E-state index in [1.54, 1.807) is 5.57 Å². The van der Waals surface area contributed by atoms with Gasteiger partial charge in [-0.15, -0.1) is 0 Å². The van der Waals surface area contributed by atoms with Crippen molar-refractivity contribution in [1.29, 1.82) is 0 Å². The predicted molar refractivity (Wildman–Crippen MR) is 116 cm³/mol. The summed E-state index contributed by atoms with van der Waals surface area (Å²) in [6.45, 7) is 28.9. The van der Waals surface area contributed by atoms with Crippen molar-refractivity contribution in [3.63, 3.8) is 0 Å². The summed E-state index contributed by atoms with van der Waals surface area (Å²) in [4.78, 5) is 0. The first-order valence-electron chi connectivity index (χ1n) is 9.32. The van der Waals surface area contributed by atoms with Crippen LogP contribution in [0.2, 0.25) is 36.3 Å². The first-order chi connectivity index (χ1) is 10.1. The summed E-state index contributed by atoms with van der Waals surface area (Å²) in [5.41, 5.74) is 4.22. The molecule has 0 saturated heterocycles. The van der Waals surface area contributed by atoms with Gasteiger partial charge >= 0.3 is 0 Å². The Bertz CT molecular complexity index is 367. The normalized spacial score (nSPS) is 14.3. The Morgan fingerprint density at radius 1 is 0.783 bits per heavy atom. The molecule has 2 nitrogen and oxygen atoms in total. The molecular formula is C18H44N2Si3. The summed E-state index contributed by atoms with van der Waals surface area (Å²) in [6.07, 6.45) is 2.36. The first kappa shape index (κ1) is 23.3. The monoisotopic (exact) mass is 372 g/mol. The van der Waals surface area contributed by atoms with E-state index in [-0.39, 0.29) is 0 Å². The summed E-state index contributed by atoms with van der Waals surface area (Å²) in [5, 5.41) is 0.750. The fourth-order valence-corrected chi connectivity index (χ4v) is 14.3. The lowest BCUT2D eigenvalue weighted by Crippen LogP contribution is -2.68. The average molecular weight is 373 g/mol. The van der Waals surface area contributed by atoms with E-state index in [2.05, 4.69) is 96.6 Å². The summed E-state index contributed by atoms with van der Waals surface area (Å²) in [6, 6.07) is 0. The molecule has 5 heteroatoms. The SMILES string of the molecule is CCC(=C[SiH](N[Si](C)(C)C(C)(C)C)N[Si](C)(C)C(C)(C)C)CC. The van der Waals surface area contributed by atoms with E-state index in [4.69, 9.17) is 0 Å². The topological polar surface area (TPSA) is 24.1 Å². The van der Waals surface area contributed by atoms with Crippen LogP contribution in [0.5, 0.6) is 0 Å². The van der Waals surface area contributed by atoms with Gasteiger partial charge in [-0.25, -0.2) is 0 Å². The largest absolute Gasteiger partial charge is 0.347 e. The Kier molecular flexibility index (Phi) is 8.24. The lowest BCUT2D eigenvalue weighted by atomic mass is 10.2. The molecule has 0 saturated carbocycles. The minimum Gasteiger partial charge on any atom is -0.347 e. The van der Waals surface area contributed by atoms with Crippen LogP contribution in [-0.4, -0.2) is 25.6 Å². The quantitative estimate of drug-likeness (QED) is 0.561. The zero-order valence-corrected chi connectivity index (χ0v) is 21.2. The van der Waals surface area contributed by atoms with Crippen molar-refractivity contribution in [1.82, 2.24) is 9.30 Å². The predicted octanol–water partition coefficient (Wildman–Crippen LogP) is 5.68. The third-order valence-corrected chi connectivity index (χ3v) is 22.7. The first-order valence-corrected chi connectivity index (χ1v) is 17.1. The van der Waals surface area contributed by atoms with Gasteiger partial charge in [0.15, 0.2) is 9.12 Å². The molecule has 0 aliphatic rings. The summed E-state index contributed by atoms with van der Waals surface area (Å²) in [7, 11) is -4.30. The van der Waals surface area contributed by atoms with E-state index in [9.17, 15) is 0 Å². The summed E-state index contributed by atoms with van der Waals surface area (Å²) in [5.74, 6) is 0. The van der Waals surface area contributed by atoms with Crippen molar-refractivity contribution in [3.8, 4) is 0 Å². The van der Waals surface area contributed by atoms with E-state index < -0.39 is 25.6 Å². The summed E-state index contributed by atoms with van der Waals surface area (Å²) >= 11 is 0. The standard InChI is InChI=1S/C18H44N2Si3/c1-13-16(14-2)15-21(19-22(9,10)17(3,4)5)20-23(11,12)18(6,7)8/h15,19-21H,13-14H2,1-12H3. The van der Waals surface area contributed by atoms with Gasteiger partial charge in [-0.3, -0.25) is 0 Å². The van der Waals surface area contributed by atoms with Crippen molar-refractivity contribution in [2.75, 3.05) is 0 Å². The van der Waals surface area contributed by atoms with Gasteiger partial charge in [-0.05, 0) is 22.9 Å². The molecule has 0 atom stereocenters. The molecule has 0 bridgehead atoms. The fraction of sp³-hybridized carbons (Fsp3) is 0.889. The highest BCUT2D eigenvalue weighted by molar-refractivity contribution is 6.93. The van der Waals surface area contributed by atoms with E-state index in [1.807, 2.05) is 0 Å². The molecule has 0 amide bonds. The number of allylic oxidation sites excluding steroid dienone is 1. The van der Waals surface area contributed by atoms with Gasteiger partial charge in [-0.2, -0.15) is 0 Å². The van der Waals surface area contributed by atoms with E-state index in [0.29, 0.717) is 10.1 Å². The maximum atomic E-state index is 4.19. The van der Waals surface area contributed by atoms with Crippen LogP contribution < -0.4 is 9.30 Å². The molecule has 0 rings (SSSR count). The van der Waals surface area contributed by atoms with Gasteiger partial charge in [-0.1, -0.05) is 92.9 Å². The van der Waals surface area contributed by atoms with Crippen LogP contribution in [0.4, 0.5) is 0 Å². The molecule has 23 heavy (non-hydrogen) atoms. The second-order valence-electron chi connectivity index (χ2n) is 10.0. The molecule has 2 N–H and O–H groups in total. The molecule has 0 aliphatic carbocycles. The van der Waals surface area contributed by atoms with Crippen LogP contribution in [0, 0.1) is 0 Å². The van der Waals surface area contributed by atoms with Crippen LogP contribution in [0.3, 0.4) is 0 Å². The van der Waals surface area contributed by atoms with Gasteiger partial charge in [0.2, 0.25) is 0 Å². The van der Waals surface area contributed by atoms with Gasteiger partial charge < -0.3 is 9.30 Å². The second kappa shape index (κ2) is 8.13. The smallest absolute Gasteiger partial charge is 0.196 e. The minimum absolute atomic E-state index is 0.375. The van der Waals surface area contributed by atoms with E-state index in [1.165, 1.54) is 12.8 Å². The maximum Gasteiger partial charge on any atom is 0.196 e. The molecular weight excluding hydrogens is 328 g/mol. The van der Waals surface area contributed by atoms with Gasteiger partial charge in [0.25, 0.3) is 0 Å². The van der Waals surface area contributed by atoms with E-state index in [0.717, 1.165) is 0 Å². The van der Waals surface area contributed by atoms with Gasteiger partial charge in [0, 0.05) is 0 Å². The van der Waals surface area contributed by atoms with Gasteiger partial charge in [0.05, 0.1) is 0 Å². The van der Waals surface area contributed by atoms with Crippen LogP contribution in [0.25, 0.3) is 0 Å². The van der Waals surface area contributed by atoms with Crippen LogP contribution in [0.15, 0.2) is 11.3 Å². The Morgan fingerprint density at radius 2 is 1.09 bits per heavy atom. The molecule has 0 radical (unpaired) electrons. The zero-order valence-electron chi connectivity index (χ0n) is 18.1. The van der Waals surface area contributed by atoms with Crippen LogP contribution >= 0.6 is 0 Å². The zero-order chi connectivity index (χ0) is 18.7. The molecule has 0 unspecified atom stereocenters. The van der Waals surface area contributed by atoms with Crippen molar-refractivity contribution < 1.29 is 0 Å². The van der Waals surface area contributed by atoms with Gasteiger partial charge in [0.1, 0.15) is 16.5 Å². The highest BCUT2D eigenvalue weighted by Gasteiger charge is 2.41. The molecule has 0 spiro atoms.